The zero-order valence-electron chi connectivity index (χ0n) is 10.8. The number of halogens is 1. The quantitative estimate of drug-likeness (QED) is 0.785. The molecule has 1 amide bonds. The fourth-order valence-electron chi connectivity index (χ4n) is 2.46. The molecule has 3 nitrogen and oxygen atoms in total. The van der Waals surface area contributed by atoms with Crippen LogP contribution >= 0.6 is 11.6 Å². The number of fused-ring (bicyclic) bond motifs is 1. The summed E-state index contributed by atoms with van der Waals surface area (Å²) < 4.78 is 0. The van der Waals surface area contributed by atoms with E-state index < -0.39 is 0 Å². The molecule has 0 bridgehead atoms. The Hall–Kier alpha value is -1.61. The highest BCUT2D eigenvalue weighted by atomic mass is 35.5. The highest BCUT2D eigenvalue weighted by Crippen LogP contribution is 2.28. The number of nitrogens with zero attached hydrogens (tertiary/aromatic N) is 2. The van der Waals surface area contributed by atoms with E-state index in [9.17, 15) is 4.79 Å². The molecular weight excluding hydrogens is 260 g/mol. The number of carbonyl (C=O) groups excluding carboxylic acids is 1. The molecule has 1 aromatic carbocycles. The first kappa shape index (κ1) is 12.4. The maximum atomic E-state index is 12.5. The predicted molar refractivity (Wildman–Crippen MR) is 76.5 cm³/mol. The molecule has 19 heavy (non-hydrogen) atoms. The van der Waals surface area contributed by atoms with E-state index in [2.05, 4.69) is 4.98 Å². The first-order valence-corrected chi connectivity index (χ1v) is 6.86. The summed E-state index contributed by atoms with van der Waals surface area (Å²) in [5.41, 5.74) is 0.634. The summed E-state index contributed by atoms with van der Waals surface area (Å²) in [6.07, 6.45) is 4.99. The van der Waals surface area contributed by atoms with Crippen molar-refractivity contribution in [2.45, 2.75) is 25.3 Å². The lowest BCUT2D eigenvalue weighted by molar-refractivity contribution is 0.0653. The van der Waals surface area contributed by atoms with Crippen LogP contribution in [0.15, 0.2) is 30.5 Å². The number of hydrogen-bond donors (Lipinski definition) is 0. The molecule has 1 aliphatic carbocycles. The summed E-state index contributed by atoms with van der Waals surface area (Å²) in [7, 11) is 1.87. The first-order chi connectivity index (χ1) is 9.18. The second kappa shape index (κ2) is 4.82. The van der Waals surface area contributed by atoms with E-state index in [1.165, 1.54) is 6.42 Å². The van der Waals surface area contributed by atoms with Gasteiger partial charge in [-0.1, -0.05) is 35.9 Å². The van der Waals surface area contributed by atoms with Crippen molar-refractivity contribution in [3.63, 3.8) is 0 Å². The van der Waals surface area contributed by atoms with Crippen LogP contribution in [0.5, 0.6) is 0 Å². The molecule has 1 aromatic heterocycles. The zero-order valence-corrected chi connectivity index (χ0v) is 11.5. The number of benzene rings is 1. The molecule has 0 atom stereocenters. The molecular formula is C15H15ClN2O. The van der Waals surface area contributed by atoms with E-state index in [1.807, 2.05) is 36.2 Å². The zero-order chi connectivity index (χ0) is 13.4. The Kier molecular flexibility index (Phi) is 3.15. The van der Waals surface area contributed by atoms with E-state index in [-0.39, 0.29) is 5.91 Å². The molecule has 0 radical (unpaired) electrons. The lowest BCUT2D eigenvalue weighted by Gasteiger charge is -2.34. The molecule has 0 aliphatic heterocycles. The maximum absolute atomic E-state index is 12.5. The molecule has 0 spiro atoms. The Balaban J connectivity index is 2.05. The lowest BCUT2D eigenvalue weighted by atomic mass is 9.91. The summed E-state index contributed by atoms with van der Waals surface area (Å²) in [5, 5.41) is 2.15. The second-order valence-electron chi connectivity index (χ2n) is 5.01. The largest absolute Gasteiger partial charge is 0.339 e. The Morgan fingerprint density at radius 3 is 2.63 bits per heavy atom. The molecule has 4 heteroatoms. The summed E-state index contributed by atoms with van der Waals surface area (Å²) in [6.45, 7) is 0. The van der Waals surface area contributed by atoms with Crippen molar-refractivity contribution in [1.82, 2.24) is 9.88 Å². The summed E-state index contributed by atoms with van der Waals surface area (Å²) >= 11 is 6.08. The van der Waals surface area contributed by atoms with E-state index in [1.54, 1.807) is 6.20 Å². The Labute approximate surface area is 117 Å². The van der Waals surface area contributed by atoms with Gasteiger partial charge >= 0.3 is 0 Å². The van der Waals surface area contributed by atoms with E-state index >= 15 is 0 Å². The number of pyridine rings is 1. The van der Waals surface area contributed by atoms with Crippen LogP contribution < -0.4 is 0 Å². The van der Waals surface area contributed by atoms with Crippen LogP contribution in [0, 0.1) is 0 Å². The van der Waals surface area contributed by atoms with Gasteiger partial charge in [0.2, 0.25) is 0 Å². The number of aromatic nitrogens is 1. The second-order valence-corrected chi connectivity index (χ2v) is 5.37. The third-order valence-corrected chi connectivity index (χ3v) is 4.22. The van der Waals surface area contributed by atoms with Gasteiger partial charge in [-0.2, -0.15) is 0 Å². The molecule has 98 valence electrons. The Morgan fingerprint density at radius 1 is 1.32 bits per heavy atom. The van der Waals surface area contributed by atoms with Crippen LogP contribution in [0.25, 0.3) is 10.8 Å². The van der Waals surface area contributed by atoms with Crippen molar-refractivity contribution in [1.29, 1.82) is 0 Å². The highest BCUT2D eigenvalue weighted by molar-refractivity contribution is 6.34. The minimum atomic E-state index is 0.0325. The van der Waals surface area contributed by atoms with Gasteiger partial charge in [0, 0.05) is 24.7 Å². The number of carbonyl (C=O) groups is 1. The van der Waals surface area contributed by atoms with Crippen LogP contribution in [-0.2, 0) is 0 Å². The van der Waals surface area contributed by atoms with Crippen molar-refractivity contribution in [2.24, 2.45) is 0 Å². The third kappa shape index (κ3) is 2.08. The van der Waals surface area contributed by atoms with E-state index in [4.69, 9.17) is 11.6 Å². The fourth-order valence-corrected chi connectivity index (χ4v) is 2.67. The van der Waals surface area contributed by atoms with Crippen LogP contribution in [0.2, 0.25) is 5.15 Å². The van der Waals surface area contributed by atoms with Gasteiger partial charge < -0.3 is 4.90 Å². The summed E-state index contributed by atoms with van der Waals surface area (Å²) in [6, 6.07) is 8.01. The van der Waals surface area contributed by atoms with Gasteiger partial charge in [-0.25, -0.2) is 4.98 Å². The SMILES string of the molecule is CN(C(=O)c1cnc(Cl)c2ccccc12)C1CCC1. The van der Waals surface area contributed by atoms with Crippen LogP contribution in [0.3, 0.4) is 0 Å². The number of rotatable bonds is 2. The van der Waals surface area contributed by atoms with Crippen LogP contribution in [0.4, 0.5) is 0 Å². The van der Waals surface area contributed by atoms with Gasteiger partial charge in [0.1, 0.15) is 5.15 Å². The molecule has 1 aliphatic rings. The third-order valence-electron chi connectivity index (χ3n) is 3.92. The smallest absolute Gasteiger partial charge is 0.256 e. The number of hydrogen-bond acceptors (Lipinski definition) is 2. The molecule has 1 fully saturated rings. The van der Waals surface area contributed by atoms with Gasteiger partial charge in [-0.05, 0) is 24.6 Å². The first-order valence-electron chi connectivity index (χ1n) is 6.49. The van der Waals surface area contributed by atoms with Gasteiger partial charge in [-0.3, -0.25) is 4.79 Å². The van der Waals surface area contributed by atoms with Gasteiger partial charge in [0.15, 0.2) is 0 Å². The van der Waals surface area contributed by atoms with Crippen molar-refractivity contribution in [2.75, 3.05) is 7.05 Å². The normalized spacial score (nSPS) is 15.3. The average molecular weight is 275 g/mol. The summed E-state index contributed by atoms with van der Waals surface area (Å²) in [5.74, 6) is 0.0325. The van der Waals surface area contributed by atoms with Crippen molar-refractivity contribution in [3.8, 4) is 0 Å². The molecule has 1 saturated carbocycles. The molecule has 0 N–H and O–H groups in total. The van der Waals surface area contributed by atoms with Gasteiger partial charge in [-0.15, -0.1) is 0 Å². The van der Waals surface area contributed by atoms with Gasteiger partial charge in [0.05, 0.1) is 5.56 Å². The molecule has 0 unspecified atom stereocenters. The topological polar surface area (TPSA) is 33.2 Å². The van der Waals surface area contributed by atoms with E-state index in [0.717, 1.165) is 23.6 Å². The van der Waals surface area contributed by atoms with Crippen LogP contribution in [-0.4, -0.2) is 28.9 Å². The van der Waals surface area contributed by atoms with Crippen molar-refractivity contribution in [3.05, 3.63) is 41.2 Å². The minimum Gasteiger partial charge on any atom is -0.339 e. The fraction of sp³-hybridized carbons (Fsp3) is 0.333. The molecule has 2 aromatic rings. The monoisotopic (exact) mass is 274 g/mol. The highest BCUT2D eigenvalue weighted by Gasteiger charge is 2.27. The predicted octanol–water partition coefficient (Wildman–Crippen LogP) is 3.51. The average Bonchev–Trinajstić information content (AvgIpc) is 2.37. The molecule has 0 saturated heterocycles. The number of amides is 1. The standard InChI is InChI=1S/C15H15ClN2O/c1-18(10-5-4-6-10)15(19)13-9-17-14(16)12-8-3-2-7-11(12)13/h2-3,7-10H,4-6H2,1H3. The Bertz CT molecular complexity index is 637. The van der Waals surface area contributed by atoms with Gasteiger partial charge in [0.25, 0.3) is 5.91 Å². The molecule has 1 heterocycles. The minimum absolute atomic E-state index is 0.0325. The summed E-state index contributed by atoms with van der Waals surface area (Å²) in [4.78, 5) is 18.5. The van der Waals surface area contributed by atoms with Crippen molar-refractivity contribution >= 4 is 28.3 Å². The maximum Gasteiger partial charge on any atom is 0.256 e. The van der Waals surface area contributed by atoms with Crippen molar-refractivity contribution < 1.29 is 4.79 Å². The Morgan fingerprint density at radius 2 is 2.00 bits per heavy atom. The lowest BCUT2D eigenvalue weighted by Crippen LogP contribution is -2.41. The molecule has 3 rings (SSSR count). The van der Waals surface area contributed by atoms with E-state index in [0.29, 0.717) is 16.8 Å². The van der Waals surface area contributed by atoms with Crippen LogP contribution in [0.1, 0.15) is 29.6 Å².